The van der Waals surface area contributed by atoms with Gasteiger partial charge in [0.2, 0.25) is 0 Å². The number of anilines is 2. The van der Waals surface area contributed by atoms with E-state index in [0.717, 1.165) is 0 Å². The van der Waals surface area contributed by atoms with Gasteiger partial charge in [-0.25, -0.2) is 4.98 Å². The Morgan fingerprint density at radius 3 is 2.56 bits per heavy atom. The summed E-state index contributed by atoms with van der Waals surface area (Å²) in [5.41, 5.74) is 1.31. The van der Waals surface area contributed by atoms with Crippen molar-refractivity contribution in [3.05, 3.63) is 42.1 Å². The molecular weight excluding hydrogens is 355 g/mol. The third-order valence-corrected chi connectivity index (χ3v) is 3.84. The summed E-state index contributed by atoms with van der Waals surface area (Å²) in [6.07, 6.45) is -1.41. The lowest BCUT2D eigenvalue weighted by Gasteiger charge is -2.13. The van der Waals surface area contributed by atoms with Crippen molar-refractivity contribution < 1.29 is 17.9 Å². The van der Waals surface area contributed by atoms with E-state index < -0.39 is 6.36 Å². The first-order valence-corrected chi connectivity index (χ1v) is 8.08. The highest BCUT2D eigenvalue weighted by Gasteiger charge is 2.31. The van der Waals surface area contributed by atoms with E-state index in [2.05, 4.69) is 26.2 Å². The lowest BCUT2D eigenvalue weighted by atomic mass is 10.2. The van der Waals surface area contributed by atoms with Crippen LogP contribution in [-0.2, 0) is 0 Å². The number of halogens is 3. The molecule has 0 radical (unpaired) electrons. The number of alkyl halides is 3. The number of hydrogen-bond donors (Lipinski definition) is 1. The first-order chi connectivity index (χ1) is 11.9. The molecular formula is C15H10F3N5OS. The zero-order chi connectivity index (χ0) is 18.0. The Morgan fingerprint density at radius 2 is 1.96 bits per heavy atom. The number of nitrogens with one attached hydrogen (secondary N) is 1. The van der Waals surface area contributed by atoms with Gasteiger partial charge < -0.3 is 10.1 Å². The number of aromatic nitrogens is 3. The van der Waals surface area contributed by atoms with E-state index in [0.29, 0.717) is 27.7 Å². The second-order valence-corrected chi connectivity index (χ2v) is 5.55. The lowest BCUT2D eigenvalue weighted by Crippen LogP contribution is -2.17. The van der Waals surface area contributed by atoms with Crippen LogP contribution in [0.5, 0.6) is 5.75 Å². The van der Waals surface area contributed by atoms with Crippen LogP contribution < -0.4 is 10.1 Å². The normalized spacial score (nSPS) is 11.3. The molecule has 0 spiro atoms. The zero-order valence-corrected chi connectivity index (χ0v) is 13.5. The molecule has 0 aliphatic carbocycles. The van der Waals surface area contributed by atoms with E-state index in [1.165, 1.54) is 40.5 Å². The van der Waals surface area contributed by atoms with Crippen LogP contribution in [0.4, 0.5) is 24.7 Å². The molecule has 1 N–H and O–H groups in total. The lowest BCUT2D eigenvalue weighted by molar-refractivity contribution is -0.274. The van der Waals surface area contributed by atoms with E-state index in [4.69, 9.17) is 0 Å². The summed E-state index contributed by atoms with van der Waals surface area (Å²) < 4.78 is 41.9. The van der Waals surface area contributed by atoms with Gasteiger partial charge in [-0.2, -0.15) is 14.9 Å². The highest BCUT2D eigenvalue weighted by Crippen LogP contribution is 2.29. The SMILES string of the molecule is CSc1nc2ccnn2c(Nc2ccc(OC(F)(F)F)cc2)c1C#N. The Balaban J connectivity index is 1.98. The molecule has 3 aromatic rings. The fraction of sp³-hybridized carbons (Fsp3) is 0.133. The summed E-state index contributed by atoms with van der Waals surface area (Å²) in [4.78, 5) is 4.34. The van der Waals surface area contributed by atoms with Crippen molar-refractivity contribution in [2.45, 2.75) is 11.4 Å². The number of ether oxygens (including phenoxy) is 1. The van der Waals surface area contributed by atoms with Crippen molar-refractivity contribution in [3.8, 4) is 11.8 Å². The maximum atomic E-state index is 12.2. The number of benzene rings is 1. The summed E-state index contributed by atoms with van der Waals surface area (Å²) in [5.74, 6) is 0.0497. The van der Waals surface area contributed by atoms with E-state index in [1.54, 1.807) is 18.5 Å². The Hall–Kier alpha value is -2.93. The molecule has 0 saturated carbocycles. The average molecular weight is 365 g/mol. The molecule has 0 saturated heterocycles. The van der Waals surface area contributed by atoms with Crippen LogP contribution in [0.2, 0.25) is 0 Å². The number of rotatable bonds is 4. The molecule has 0 aliphatic rings. The van der Waals surface area contributed by atoms with Crippen LogP contribution in [-0.4, -0.2) is 27.2 Å². The zero-order valence-electron chi connectivity index (χ0n) is 12.7. The van der Waals surface area contributed by atoms with Crippen LogP contribution in [0.1, 0.15) is 5.56 Å². The Morgan fingerprint density at radius 1 is 1.24 bits per heavy atom. The largest absolute Gasteiger partial charge is 0.573 e. The molecule has 6 nitrogen and oxygen atoms in total. The molecule has 0 aliphatic heterocycles. The van der Waals surface area contributed by atoms with Crippen LogP contribution in [0, 0.1) is 11.3 Å². The van der Waals surface area contributed by atoms with Crippen LogP contribution in [0.3, 0.4) is 0 Å². The highest BCUT2D eigenvalue weighted by molar-refractivity contribution is 7.98. The quantitative estimate of drug-likeness (QED) is 0.557. The van der Waals surface area contributed by atoms with Crippen LogP contribution >= 0.6 is 11.8 Å². The predicted molar refractivity (Wildman–Crippen MR) is 85.9 cm³/mol. The second-order valence-electron chi connectivity index (χ2n) is 4.75. The third kappa shape index (κ3) is 3.61. The first-order valence-electron chi connectivity index (χ1n) is 6.86. The minimum Gasteiger partial charge on any atom is -0.406 e. The number of thioether (sulfide) groups is 1. The summed E-state index contributed by atoms with van der Waals surface area (Å²) in [6.45, 7) is 0. The van der Waals surface area contributed by atoms with Gasteiger partial charge in [-0.3, -0.25) is 0 Å². The fourth-order valence-corrected chi connectivity index (χ4v) is 2.69. The molecule has 1 aromatic carbocycles. The summed E-state index contributed by atoms with van der Waals surface area (Å²) >= 11 is 1.31. The topological polar surface area (TPSA) is 75.2 Å². The van der Waals surface area contributed by atoms with Crippen molar-refractivity contribution in [1.82, 2.24) is 14.6 Å². The van der Waals surface area contributed by atoms with Gasteiger partial charge in [0.25, 0.3) is 0 Å². The molecule has 0 fully saturated rings. The van der Waals surface area contributed by atoms with Crippen molar-refractivity contribution in [3.63, 3.8) is 0 Å². The number of nitrogens with zero attached hydrogens (tertiary/aromatic N) is 4. The molecule has 3 rings (SSSR count). The van der Waals surface area contributed by atoms with E-state index in [-0.39, 0.29) is 5.75 Å². The van der Waals surface area contributed by atoms with Crippen LogP contribution in [0.15, 0.2) is 41.6 Å². The summed E-state index contributed by atoms with van der Waals surface area (Å²) in [5, 5.41) is 17.1. The molecule has 2 heterocycles. The van der Waals surface area contributed by atoms with Gasteiger partial charge in [-0.1, -0.05) is 0 Å². The number of fused-ring (bicyclic) bond motifs is 1. The minimum atomic E-state index is -4.75. The Kier molecular flexibility index (Phi) is 4.41. The smallest absolute Gasteiger partial charge is 0.406 e. The molecule has 0 atom stereocenters. The number of nitriles is 1. The molecule has 2 aromatic heterocycles. The maximum absolute atomic E-state index is 12.2. The van der Waals surface area contributed by atoms with E-state index >= 15 is 0 Å². The van der Waals surface area contributed by atoms with E-state index in [1.807, 2.05) is 0 Å². The van der Waals surface area contributed by atoms with Crippen molar-refractivity contribution >= 4 is 28.9 Å². The first kappa shape index (κ1) is 16.9. The molecule has 0 bridgehead atoms. The Labute approximate surface area is 144 Å². The highest BCUT2D eigenvalue weighted by atomic mass is 32.2. The van der Waals surface area contributed by atoms with Gasteiger partial charge in [0.15, 0.2) is 11.5 Å². The minimum absolute atomic E-state index is 0.291. The molecule has 0 unspecified atom stereocenters. The van der Waals surface area contributed by atoms with Gasteiger partial charge in [0.05, 0.1) is 6.20 Å². The van der Waals surface area contributed by atoms with Crippen molar-refractivity contribution in [1.29, 1.82) is 5.26 Å². The van der Waals surface area contributed by atoms with E-state index in [9.17, 15) is 18.4 Å². The average Bonchev–Trinajstić information content (AvgIpc) is 3.03. The van der Waals surface area contributed by atoms with Gasteiger partial charge in [0, 0.05) is 11.8 Å². The van der Waals surface area contributed by atoms with Crippen molar-refractivity contribution in [2.75, 3.05) is 11.6 Å². The monoisotopic (exact) mass is 365 g/mol. The fourth-order valence-electron chi connectivity index (χ4n) is 2.16. The second kappa shape index (κ2) is 6.52. The maximum Gasteiger partial charge on any atom is 0.573 e. The molecule has 128 valence electrons. The van der Waals surface area contributed by atoms with Gasteiger partial charge >= 0.3 is 6.36 Å². The molecule has 0 amide bonds. The van der Waals surface area contributed by atoms with Gasteiger partial charge in [0.1, 0.15) is 22.4 Å². The van der Waals surface area contributed by atoms with Crippen LogP contribution in [0.25, 0.3) is 5.65 Å². The van der Waals surface area contributed by atoms with Crippen molar-refractivity contribution in [2.24, 2.45) is 0 Å². The number of hydrogen-bond acceptors (Lipinski definition) is 6. The standard InChI is InChI=1S/C15H10F3N5OS/c1-25-14-11(8-19)13(23-12(22-14)6-7-20-23)21-9-2-4-10(5-3-9)24-15(16,17)18/h2-7,21H,1H3. The summed E-state index contributed by atoms with van der Waals surface area (Å²) in [6, 6.07) is 8.95. The van der Waals surface area contributed by atoms with Gasteiger partial charge in [-0.15, -0.1) is 24.9 Å². The predicted octanol–water partition coefficient (Wildman–Crippen LogP) is 3.97. The third-order valence-electron chi connectivity index (χ3n) is 3.16. The Bertz CT molecular complexity index is 947. The summed E-state index contributed by atoms with van der Waals surface area (Å²) in [7, 11) is 0. The molecule has 25 heavy (non-hydrogen) atoms. The molecule has 10 heteroatoms. The van der Waals surface area contributed by atoms with Gasteiger partial charge in [-0.05, 0) is 30.5 Å².